The van der Waals surface area contributed by atoms with Crippen molar-refractivity contribution in [3.05, 3.63) is 77.6 Å². The van der Waals surface area contributed by atoms with E-state index in [9.17, 15) is 18.0 Å². The third-order valence-electron chi connectivity index (χ3n) is 6.42. The fraction of sp³-hybridized carbons (Fsp3) is 0.407. The van der Waals surface area contributed by atoms with Gasteiger partial charge in [0.05, 0.1) is 5.56 Å². The molecule has 1 heterocycles. The molecule has 0 unspecified atom stereocenters. The molecule has 7 nitrogen and oxygen atoms in total. The highest BCUT2D eigenvalue weighted by atomic mass is 32.2. The van der Waals surface area contributed by atoms with Gasteiger partial charge < -0.3 is 16.0 Å². The minimum atomic E-state index is -4.45. The van der Waals surface area contributed by atoms with Gasteiger partial charge >= 0.3 is 6.18 Å². The van der Waals surface area contributed by atoms with E-state index in [2.05, 4.69) is 43.0 Å². The Labute approximate surface area is 224 Å². The fourth-order valence-corrected chi connectivity index (χ4v) is 5.23. The number of aromatic nitrogens is 3. The molecule has 1 aromatic heterocycles. The Hall–Kier alpha value is -3.34. The number of rotatable bonds is 11. The number of hydrogen-bond acceptors (Lipinski definition) is 7. The maximum absolute atomic E-state index is 13.2. The van der Waals surface area contributed by atoms with Crippen molar-refractivity contribution in [1.29, 1.82) is 0 Å². The van der Waals surface area contributed by atoms with Gasteiger partial charge in [0, 0.05) is 36.6 Å². The predicted molar refractivity (Wildman–Crippen MR) is 144 cm³/mol. The molecule has 1 fully saturated rings. The van der Waals surface area contributed by atoms with E-state index in [0.717, 1.165) is 37.0 Å². The number of nitrogens with zero attached hydrogens (tertiary/aromatic N) is 3. The standard InChI is InChI=1S/C27H31F3N6OS/c28-27(29,30)23-9-5-4-8-21(23)16-32-24(37)20-10-12-22(13-11-20)35-26-34-18-33-25(36-26)31-14-15-38-17-19-6-2-1-3-7-19/h1-9,18,20,22H,10-17H2,(H,32,37)(H2,31,33,34,35,36). The first kappa shape index (κ1) is 27.7. The zero-order chi connectivity index (χ0) is 26.8. The second-order valence-electron chi connectivity index (χ2n) is 9.16. The van der Waals surface area contributed by atoms with Crippen LogP contribution < -0.4 is 16.0 Å². The third kappa shape index (κ3) is 8.34. The van der Waals surface area contributed by atoms with Gasteiger partial charge in [0.2, 0.25) is 17.8 Å². The summed E-state index contributed by atoms with van der Waals surface area (Å²) in [6, 6.07) is 15.7. The molecule has 1 aliphatic rings. The van der Waals surface area contributed by atoms with Crippen LogP contribution in [0.3, 0.4) is 0 Å². The van der Waals surface area contributed by atoms with Gasteiger partial charge in [-0.1, -0.05) is 48.5 Å². The van der Waals surface area contributed by atoms with E-state index in [-0.39, 0.29) is 30.0 Å². The Kier molecular flexibility index (Phi) is 9.80. The van der Waals surface area contributed by atoms with Crippen molar-refractivity contribution >= 4 is 29.6 Å². The summed E-state index contributed by atoms with van der Waals surface area (Å²) in [6.07, 6.45) is -0.231. The van der Waals surface area contributed by atoms with Crippen LogP contribution in [-0.2, 0) is 23.3 Å². The summed E-state index contributed by atoms with van der Waals surface area (Å²) in [6.45, 7) is 0.590. The van der Waals surface area contributed by atoms with Crippen LogP contribution in [0.2, 0.25) is 0 Å². The van der Waals surface area contributed by atoms with E-state index < -0.39 is 11.7 Å². The van der Waals surface area contributed by atoms with Gasteiger partial charge in [0.1, 0.15) is 6.33 Å². The van der Waals surface area contributed by atoms with Crippen molar-refractivity contribution in [2.24, 2.45) is 5.92 Å². The summed E-state index contributed by atoms with van der Waals surface area (Å²) in [4.78, 5) is 25.5. The topological polar surface area (TPSA) is 91.8 Å². The molecular formula is C27H31F3N6OS. The Balaban J connectivity index is 1.17. The summed E-state index contributed by atoms with van der Waals surface area (Å²) in [5.41, 5.74) is 0.645. The van der Waals surface area contributed by atoms with Crippen molar-refractivity contribution < 1.29 is 18.0 Å². The number of hydrogen-bond donors (Lipinski definition) is 3. The van der Waals surface area contributed by atoms with Gasteiger partial charge in [-0.15, -0.1) is 0 Å². The maximum atomic E-state index is 13.2. The van der Waals surface area contributed by atoms with Crippen LogP contribution in [0.25, 0.3) is 0 Å². The zero-order valence-corrected chi connectivity index (χ0v) is 21.7. The van der Waals surface area contributed by atoms with Crippen molar-refractivity contribution in [2.45, 2.75) is 50.2 Å². The second kappa shape index (κ2) is 13.5. The van der Waals surface area contributed by atoms with E-state index >= 15 is 0 Å². The van der Waals surface area contributed by atoms with Crippen LogP contribution in [0.1, 0.15) is 42.4 Å². The first-order valence-electron chi connectivity index (χ1n) is 12.6. The zero-order valence-electron chi connectivity index (χ0n) is 20.9. The number of thioether (sulfide) groups is 1. The SMILES string of the molecule is O=C(NCc1ccccc1C(F)(F)F)C1CCC(Nc2ncnc(NCCSCc3ccccc3)n2)CC1. The van der Waals surface area contributed by atoms with Crippen LogP contribution >= 0.6 is 11.8 Å². The molecular weight excluding hydrogens is 513 g/mol. The van der Waals surface area contributed by atoms with E-state index in [1.54, 1.807) is 6.07 Å². The van der Waals surface area contributed by atoms with Crippen molar-refractivity contribution in [3.63, 3.8) is 0 Å². The molecule has 1 saturated carbocycles. The first-order chi connectivity index (χ1) is 18.4. The molecule has 1 aliphatic carbocycles. The van der Waals surface area contributed by atoms with Crippen LogP contribution in [0.4, 0.5) is 25.1 Å². The molecule has 3 N–H and O–H groups in total. The van der Waals surface area contributed by atoms with Crippen molar-refractivity contribution in [3.8, 4) is 0 Å². The summed E-state index contributed by atoms with van der Waals surface area (Å²) in [5, 5.41) is 9.24. The van der Waals surface area contributed by atoms with Gasteiger partial charge in [-0.3, -0.25) is 4.79 Å². The number of nitrogens with one attached hydrogen (secondary N) is 3. The number of carbonyl (C=O) groups excluding carboxylic acids is 1. The van der Waals surface area contributed by atoms with Gasteiger partial charge in [0.15, 0.2) is 0 Å². The third-order valence-corrected chi connectivity index (χ3v) is 7.45. The quantitative estimate of drug-likeness (QED) is 0.274. The number of carbonyl (C=O) groups is 1. The molecule has 0 spiro atoms. The van der Waals surface area contributed by atoms with Crippen LogP contribution in [0.15, 0.2) is 60.9 Å². The Bertz CT molecular complexity index is 1170. The summed E-state index contributed by atoms with van der Waals surface area (Å²) < 4.78 is 39.6. The van der Waals surface area contributed by atoms with E-state index in [1.165, 1.54) is 24.0 Å². The van der Waals surface area contributed by atoms with Gasteiger partial charge in [-0.2, -0.15) is 29.9 Å². The van der Waals surface area contributed by atoms with Crippen LogP contribution in [0.5, 0.6) is 0 Å². The molecule has 0 radical (unpaired) electrons. The largest absolute Gasteiger partial charge is 0.416 e. The minimum absolute atomic E-state index is 0.0674. The van der Waals surface area contributed by atoms with Gasteiger partial charge in [0.25, 0.3) is 0 Å². The highest BCUT2D eigenvalue weighted by molar-refractivity contribution is 7.98. The summed E-state index contributed by atoms with van der Waals surface area (Å²) >= 11 is 1.83. The molecule has 38 heavy (non-hydrogen) atoms. The molecule has 4 rings (SSSR count). The van der Waals surface area contributed by atoms with Crippen LogP contribution in [0, 0.1) is 5.92 Å². The van der Waals surface area contributed by atoms with E-state index in [0.29, 0.717) is 24.7 Å². The average Bonchev–Trinajstić information content (AvgIpc) is 2.92. The van der Waals surface area contributed by atoms with E-state index in [4.69, 9.17) is 0 Å². The lowest BCUT2D eigenvalue weighted by Gasteiger charge is -2.28. The van der Waals surface area contributed by atoms with Crippen molar-refractivity contribution in [1.82, 2.24) is 20.3 Å². The molecule has 0 saturated heterocycles. The van der Waals surface area contributed by atoms with Crippen LogP contribution in [-0.4, -0.2) is 39.2 Å². The Morgan fingerprint density at radius 2 is 1.66 bits per heavy atom. The first-order valence-corrected chi connectivity index (χ1v) is 13.8. The lowest BCUT2D eigenvalue weighted by molar-refractivity contribution is -0.138. The molecule has 11 heteroatoms. The smallest absolute Gasteiger partial charge is 0.353 e. The van der Waals surface area contributed by atoms with E-state index in [1.807, 2.05) is 30.0 Å². The Morgan fingerprint density at radius 3 is 2.42 bits per heavy atom. The molecule has 1 amide bonds. The molecule has 0 bridgehead atoms. The molecule has 202 valence electrons. The monoisotopic (exact) mass is 544 g/mol. The highest BCUT2D eigenvalue weighted by Gasteiger charge is 2.33. The predicted octanol–water partition coefficient (Wildman–Crippen LogP) is 5.52. The normalized spacial score (nSPS) is 17.6. The Morgan fingerprint density at radius 1 is 0.947 bits per heavy atom. The lowest BCUT2D eigenvalue weighted by Crippen LogP contribution is -2.36. The summed E-state index contributed by atoms with van der Waals surface area (Å²) in [5.74, 6) is 2.42. The average molecular weight is 545 g/mol. The number of anilines is 2. The molecule has 0 aliphatic heterocycles. The second-order valence-corrected chi connectivity index (χ2v) is 10.3. The number of amides is 1. The molecule has 3 aromatic rings. The fourth-order valence-electron chi connectivity index (χ4n) is 4.41. The van der Waals surface area contributed by atoms with Gasteiger partial charge in [-0.25, -0.2) is 9.97 Å². The number of halogens is 3. The maximum Gasteiger partial charge on any atom is 0.416 e. The number of benzene rings is 2. The molecule has 0 atom stereocenters. The molecule has 2 aromatic carbocycles. The minimum Gasteiger partial charge on any atom is -0.353 e. The number of alkyl halides is 3. The lowest BCUT2D eigenvalue weighted by atomic mass is 9.85. The highest BCUT2D eigenvalue weighted by Crippen LogP contribution is 2.32. The van der Waals surface area contributed by atoms with Crippen molar-refractivity contribution in [2.75, 3.05) is 22.9 Å². The summed E-state index contributed by atoms with van der Waals surface area (Å²) in [7, 11) is 0. The van der Waals surface area contributed by atoms with Gasteiger partial charge in [-0.05, 0) is 42.9 Å².